The molecule has 0 aliphatic heterocycles. The van der Waals surface area contributed by atoms with Crippen LogP contribution in [0.3, 0.4) is 0 Å². The topological polar surface area (TPSA) is 17.1 Å². The molecule has 0 fully saturated rings. The molecule has 0 spiro atoms. The van der Waals surface area contributed by atoms with Crippen molar-refractivity contribution < 1.29 is 4.79 Å². The highest BCUT2D eigenvalue weighted by Gasteiger charge is 2.27. The molecule has 1 nitrogen and oxygen atoms in total. The maximum Gasteiger partial charge on any atom is 0.145 e. The summed E-state index contributed by atoms with van der Waals surface area (Å²) in [5.74, 6) is 0. The largest absolute Gasteiger partial charge is 0.298 e. The van der Waals surface area contributed by atoms with Crippen molar-refractivity contribution in [3.63, 3.8) is 0 Å². The Hall–Kier alpha value is -0.850. The third-order valence-electron chi connectivity index (χ3n) is 3.50. The zero-order valence-corrected chi connectivity index (χ0v) is 10.4. The van der Waals surface area contributed by atoms with Gasteiger partial charge in [0.1, 0.15) is 6.29 Å². The Morgan fingerprint density at radius 2 is 2.13 bits per heavy atom. The molecule has 15 heavy (non-hydrogen) atoms. The van der Waals surface area contributed by atoms with Gasteiger partial charge in [0.15, 0.2) is 0 Å². The zero-order chi connectivity index (χ0) is 11.5. The van der Waals surface area contributed by atoms with Crippen LogP contribution in [0.4, 0.5) is 0 Å². The Bertz CT molecular complexity index is 305. The normalized spacial score (nSPS) is 21.7. The van der Waals surface area contributed by atoms with Gasteiger partial charge in [-0.25, -0.2) is 0 Å². The molecule has 0 unspecified atom stereocenters. The van der Waals surface area contributed by atoms with Crippen LogP contribution in [0.15, 0.2) is 22.8 Å². The fourth-order valence-corrected chi connectivity index (χ4v) is 2.44. The fraction of sp³-hybridized carbons (Fsp3) is 0.643. The number of hydrogen-bond acceptors (Lipinski definition) is 1. The standard InChI is InChI=1S/C14H22O/c1-11(10-15)7-8-13-12(2)6-5-9-14(13,3)4/h7,10H,5-6,8-9H2,1-4H3/b11-7-. The van der Waals surface area contributed by atoms with Gasteiger partial charge in [-0.15, -0.1) is 0 Å². The van der Waals surface area contributed by atoms with Gasteiger partial charge in [-0.2, -0.15) is 0 Å². The summed E-state index contributed by atoms with van der Waals surface area (Å²) in [5, 5.41) is 0. The number of hydrogen-bond donors (Lipinski definition) is 0. The number of carbonyl (C=O) groups excluding carboxylic acids is 1. The van der Waals surface area contributed by atoms with E-state index < -0.39 is 0 Å². The van der Waals surface area contributed by atoms with Gasteiger partial charge in [0.25, 0.3) is 0 Å². The average Bonchev–Trinajstić information content (AvgIpc) is 2.15. The Balaban J connectivity index is 2.85. The van der Waals surface area contributed by atoms with Crippen LogP contribution in [0, 0.1) is 5.41 Å². The van der Waals surface area contributed by atoms with Crippen LogP contribution in [0.1, 0.15) is 53.4 Å². The molecule has 0 bridgehead atoms. The van der Waals surface area contributed by atoms with Crippen molar-refractivity contribution in [3.05, 3.63) is 22.8 Å². The number of carbonyl (C=O) groups is 1. The summed E-state index contributed by atoms with van der Waals surface area (Å²) in [6, 6.07) is 0. The lowest BCUT2D eigenvalue weighted by Crippen LogP contribution is -2.20. The second-order valence-corrected chi connectivity index (χ2v) is 5.27. The maximum atomic E-state index is 10.5. The number of aldehydes is 1. The van der Waals surface area contributed by atoms with Gasteiger partial charge in [-0.1, -0.05) is 31.1 Å². The molecule has 0 saturated heterocycles. The van der Waals surface area contributed by atoms with Gasteiger partial charge >= 0.3 is 0 Å². The van der Waals surface area contributed by atoms with E-state index in [9.17, 15) is 4.79 Å². The van der Waals surface area contributed by atoms with Crippen LogP contribution in [-0.2, 0) is 4.79 Å². The second-order valence-electron chi connectivity index (χ2n) is 5.27. The minimum absolute atomic E-state index is 0.321. The highest BCUT2D eigenvalue weighted by molar-refractivity contribution is 5.72. The highest BCUT2D eigenvalue weighted by Crippen LogP contribution is 2.41. The van der Waals surface area contributed by atoms with Crippen molar-refractivity contribution >= 4 is 6.29 Å². The predicted octanol–water partition coefficient (Wildman–Crippen LogP) is 4.05. The van der Waals surface area contributed by atoms with E-state index in [1.165, 1.54) is 30.4 Å². The molecule has 0 aromatic rings. The molecule has 84 valence electrons. The zero-order valence-electron chi connectivity index (χ0n) is 10.4. The minimum atomic E-state index is 0.321. The maximum absolute atomic E-state index is 10.5. The second kappa shape index (κ2) is 4.78. The monoisotopic (exact) mass is 206 g/mol. The van der Waals surface area contributed by atoms with Crippen LogP contribution >= 0.6 is 0 Å². The highest BCUT2D eigenvalue weighted by atomic mass is 16.1. The van der Waals surface area contributed by atoms with E-state index in [1.807, 2.05) is 6.92 Å². The Labute approximate surface area is 93.3 Å². The summed E-state index contributed by atoms with van der Waals surface area (Å²) in [7, 11) is 0. The third kappa shape index (κ3) is 3.05. The summed E-state index contributed by atoms with van der Waals surface area (Å²) in [6.45, 7) is 8.74. The lowest BCUT2D eigenvalue weighted by Gasteiger charge is -2.34. The third-order valence-corrected chi connectivity index (χ3v) is 3.50. The lowest BCUT2D eigenvalue weighted by molar-refractivity contribution is -0.104. The van der Waals surface area contributed by atoms with Crippen molar-refractivity contribution in [2.24, 2.45) is 5.41 Å². The number of rotatable bonds is 3. The summed E-state index contributed by atoms with van der Waals surface area (Å²) in [5.41, 5.74) is 4.23. The Morgan fingerprint density at radius 1 is 1.47 bits per heavy atom. The van der Waals surface area contributed by atoms with Gasteiger partial charge in [0.05, 0.1) is 0 Å². The summed E-state index contributed by atoms with van der Waals surface area (Å²) in [4.78, 5) is 10.5. The van der Waals surface area contributed by atoms with E-state index in [0.717, 1.165) is 18.3 Å². The molecule has 0 heterocycles. The molecule has 0 aromatic heterocycles. The van der Waals surface area contributed by atoms with Crippen molar-refractivity contribution in [2.45, 2.75) is 53.4 Å². The molecular weight excluding hydrogens is 184 g/mol. The van der Waals surface area contributed by atoms with E-state index in [4.69, 9.17) is 0 Å². The van der Waals surface area contributed by atoms with Crippen molar-refractivity contribution in [1.82, 2.24) is 0 Å². The smallest absolute Gasteiger partial charge is 0.145 e. The molecule has 0 aromatic carbocycles. The first-order valence-corrected chi connectivity index (χ1v) is 5.78. The lowest BCUT2D eigenvalue weighted by atomic mass is 9.71. The molecule has 0 atom stereocenters. The molecule has 0 amide bonds. The van der Waals surface area contributed by atoms with Crippen LogP contribution < -0.4 is 0 Å². The van der Waals surface area contributed by atoms with Gasteiger partial charge in [-0.3, -0.25) is 4.79 Å². The first-order chi connectivity index (χ1) is 6.97. The Morgan fingerprint density at radius 3 is 2.67 bits per heavy atom. The average molecular weight is 206 g/mol. The Kier molecular flexibility index (Phi) is 3.90. The van der Waals surface area contributed by atoms with Gasteiger partial charge in [0.2, 0.25) is 0 Å². The van der Waals surface area contributed by atoms with E-state index in [0.29, 0.717) is 5.41 Å². The van der Waals surface area contributed by atoms with Crippen LogP contribution in [0.5, 0.6) is 0 Å². The van der Waals surface area contributed by atoms with Gasteiger partial charge in [-0.05, 0) is 50.5 Å². The van der Waals surface area contributed by atoms with E-state index >= 15 is 0 Å². The molecule has 1 rings (SSSR count). The number of allylic oxidation sites excluding steroid dienone is 4. The summed E-state index contributed by atoms with van der Waals surface area (Å²) < 4.78 is 0. The summed E-state index contributed by atoms with van der Waals surface area (Å²) in [6.07, 6.45) is 7.74. The van der Waals surface area contributed by atoms with Gasteiger partial charge < -0.3 is 0 Å². The van der Waals surface area contributed by atoms with Crippen molar-refractivity contribution in [3.8, 4) is 0 Å². The minimum Gasteiger partial charge on any atom is -0.298 e. The molecule has 1 heteroatoms. The van der Waals surface area contributed by atoms with E-state index in [2.05, 4.69) is 26.8 Å². The quantitative estimate of drug-likeness (QED) is 0.387. The van der Waals surface area contributed by atoms with E-state index in [1.54, 1.807) is 0 Å². The molecule has 0 N–H and O–H groups in total. The van der Waals surface area contributed by atoms with E-state index in [-0.39, 0.29) is 0 Å². The predicted molar refractivity (Wildman–Crippen MR) is 64.8 cm³/mol. The van der Waals surface area contributed by atoms with Crippen LogP contribution in [0.25, 0.3) is 0 Å². The summed E-state index contributed by atoms with van der Waals surface area (Å²) >= 11 is 0. The molecule has 1 aliphatic carbocycles. The van der Waals surface area contributed by atoms with Crippen molar-refractivity contribution in [1.29, 1.82) is 0 Å². The first kappa shape index (κ1) is 12.2. The molecule has 1 aliphatic rings. The first-order valence-electron chi connectivity index (χ1n) is 5.78. The fourth-order valence-electron chi connectivity index (χ4n) is 2.44. The van der Waals surface area contributed by atoms with Crippen molar-refractivity contribution in [2.75, 3.05) is 0 Å². The molecule has 0 saturated carbocycles. The van der Waals surface area contributed by atoms with Gasteiger partial charge in [0, 0.05) is 0 Å². The van der Waals surface area contributed by atoms with Crippen LogP contribution in [-0.4, -0.2) is 6.29 Å². The van der Waals surface area contributed by atoms with Crippen LogP contribution in [0.2, 0.25) is 0 Å². The molecular formula is C14H22O. The molecule has 0 radical (unpaired) electrons. The SMILES string of the molecule is CC1=C(C/C=C(/C)C=O)C(C)(C)CCC1.